The predicted molar refractivity (Wildman–Crippen MR) is 125 cm³/mol. The summed E-state index contributed by atoms with van der Waals surface area (Å²) in [6, 6.07) is 21.4. The molecule has 0 amide bonds. The number of halogens is 2. The molecule has 0 saturated carbocycles. The molecule has 4 rings (SSSR count). The Bertz CT molecular complexity index is 1060. The minimum atomic E-state index is 0.0131. The van der Waals surface area contributed by atoms with Crippen molar-refractivity contribution in [1.29, 1.82) is 0 Å². The van der Waals surface area contributed by atoms with E-state index in [0.29, 0.717) is 34.8 Å². The highest BCUT2D eigenvalue weighted by Gasteiger charge is 2.23. The van der Waals surface area contributed by atoms with Gasteiger partial charge in [-0.25, -0.2) is 0 Å². The van der Waals surface area contributed by atoms with Crippen molar-refractivity contribution in [3.63, 3.8) is 0 Å². The molecule has 0 aromatic heterocycles. The molecule has 0 fully saturated rings. The third-order valence-corrected chi connectivity index (χ3v) is 6.25. The van der Waals surface area contributed by atoms with Crippen LogP contribution in [0.3, 0.4) is 0 Å². The van der Waals surface area contributed by atoms with Crippen molar-refractivity contribution in [2.45, 2.75) is 18.9 Å². The van der Waals surface area contributed by atoms with Gasteiger partial charge in [-0.05, 0) is 36.8 Å². The van der Waals surface area contributed by atoms with Gasteiger partial charge >= 0.3 is 0 Å². The maximum absolute atomic E-state index is 6.25. The Morgan fingerprint density at radius 1 is 0.967 bits per heavy atom. The van der Waals surface area contributed by atoms with E-state index < -0.39 is 0 Å². The van der Waals surface area contributed by atoms with Gasteiger partial charge in [-0.1, -0.05) is 77.4 Å². The summed E-state index contributed by atoms with van der Waals surface area (Å²) in [5.41, 5.74) is 6.23. The van der Waals surface area contributed by atoms with Crippen molar-refractivity contribution >= 4 is 40.0 Å². The van der Waals surface area contributed by atoms with Crippen molar-refractivity contribution < 1.29 is 9.47 Å². The fourth-order valence-corrected chi connectivity index (χ4v) is 4.46. The topological polar surface area (TPSA) is 42.8 Å². The molecule has 1 atom stereocenters. The first kappa shape index (κ1) is 20.9. The van der Waals surface area contributed by atoms with Crippen LogP contribution in [0.4, 0.5) is 0 Å². The van der Waals surface area contributed by atoms with Crippen molar-refractivity contribution in [3.8, 4) is 11.5 Å². The third-order valence-electron chi connectivity index (χ3n) is 4.50. The summed E-state index contributed by atoms with van der Waals surface area (Å²) in [7, 11) is 0. The van der Waals surface area contributed by atoms with E-state index >= 15 is 0 Å². The number of ether oxygens (including phenoxy) is 2. The fourth-order valence-electron chi connectivity index (χ4n) is 3.01. The van der Waals surface area contributed by atoms with Gasteiger partial charge in [0, 0.05) is 21.2 Å². The lowest BCUT2D eigenvalue weighted by molar-refractivity contribution is 0.269. The molecule has 1 N–H and O–H groups in total. The molecule has 7 heteroatoms. The molecule has 3 aromatic rings. The minimum Gasteiger partial charge on any atom is -0.490 e. The highest BCUT2D eigenvalue weighted by molar-refractivity contribution is 8.14. The number of hydrogen-bond donors (Lipinski definition) is 1. The monoisotopic (exact) mass is 458 g/mol. The summed E-state index contributed by atoms with van der Waals surface area (Å²) in [4.78, 5) is 0. The van der Waals surface area contributed by atoms with E-state index in [-0.39, 0.29) is 5.37 Å². The number of nitrogens with one attached hydrogen (secondary N) is 1. The quantitative estimate of drug-likeness (QED) is 0.429. The highest BCUT2D eigenvalue weighted by atomic mass is 35.5. The first-order valence-corrected chi connectivity index (χ1v) is 11.2. The van der Waals surface area contributed by atoms with Crippen LogP contribution in [0, 0.1) is 0 Å². The first-order valence-electron chi connectivity index (χ1n) is 9.53. The van der Waals surface area contributed by atoms with Crippen LogP contribution in [-0.4, -0.2) is 11.7 Å². The third kappa shape index (κ3) is 4.86. The second-order valence-electron chi connectivity index (χ2n) is 6.57. The van der Waals surface area contributed by atoms with Gasteiger partial charge < -0.3 is 9.47 Å². The molecule has 3 aromatic carbocycles. The van der Waals surface area contributed by atoms with Crippen LogP contribution in [0.5, 0.6) is 11.5 Å². The zero-order chi connectivity index (χ0) is 20.9. The minimum absolute atomic E-state index is 0.0131. The fraction of sp³-hybridized carbons (Fsp3) is 0.174. The van der Waals surface area contributed by atoms with Crippen LogP contribution < -0.4 is 14.9 Å². The SMILES string of the molecule is CCOc1cc([C@H]2NN=C(c3ccccc3)S2)ccc1OCc1ccc(Cl)cc1Cl. The number of hydrazone groups is 1. The van der Waals surface area contributed by atoms with Gasteiger partial charge in [0.15, 0.2) is 11.5 Å². The van der Waals surface area contributed by atoms with Gasteiger partial charge in [-0.15, -0.1) is 0 Å². The van der Waals surface area contributed by atoms with E-state index in [1.54, 1.807) is 23.9 Å². The number of nitrogens with zero attached hydrogens (tertiary/aromatic N) is 1. The second-order valence-corrected chi connectivity index (χ2v) is 8.51. The molecule has 0 bridgehead atoms. The molecule has 4 nitrogen and oxygen atoms in total. The highest BCUT2D eigenvalue weighted by Crippen LogP contribution is 2.38. The Hall–Kier alpha value is -2.34. The average Bonchev–Trinajstić information content (AvgIpc) is 3.25. The summed E-state index contributed by atoms with van der Waals surface area (Å²) in [5.74, 6) is 1.36. The van der Waals surface area contributed by atoms with Gasteiger partial charge in [0.25, 0.3) is 0 Å². The maximum Gasteiger partial charge on any atom is 0.161 e. The number of benzene rings is 3. The number of rotatable bonds is 7. The van der Waals surface area contributed by atoms with Gasteiger partial charge in [-0.2, -0.15) is 5.10 Å². The van der Waals surface area contributed by atoms with Gasteiger partial charge in [-0.3, -0.25) is 5.43 Å². The van der Waals surface area contributed by atoms with E-state index in [9.17, 15) is 0 Å². The van der Waals surface area contributed by atoms with Crippen LogP contribution in [0.25, 0.3) is 0 Å². The Kier molecular flexibility index (Phi) is 6.72. The molecule has 1 aliphatic heterocycles. The second kappa shape index (κ2) is 9.65. The van der Waals surface area contributed by atoms with Gasteiger partial charge in [0.05, 0.1) is 6.61 Å². The van der Waals surface area contributed by atoms with Crippen molar-refractivity contribution in [3.05, 3.63) is 93.5 Å². The summed E-state index contributed by atoms with van der Waals surface area (Å²) in [5, 5.41) is 6.65. The smallest absolute Gasteiger partial charge is 0.161 e. The molecular weight excluding hydrogens is 439 g/mol. The lowest BCUT2D eigenvalue weighted by Crippen LogP contribution is -2.08. The zero-order valence-electron chi connectivity index (χ0n) is 16.3. The van der Waals surface area contributed by atoms with Gasteiger partial charge in [0.1, 0.15) is 17.0 Å². The molecule has 0 unspecified atom stereocenters. The zero-order valence-corrected chi connectivity index (χ0v) is 18.6. The summed E-state index contributed by atoms with van der Waals surface area (Å²) in [6.45, 7) is 2.82. The lowest BCUT2D eigenvalue weighted by Gasteiger charge is -2.16. The van der Waals surface area contributed by atoms with Crippen molar-refractivity contribution in [1.82, 2.24) is 5.43 Å². The Morgan fingerprint density at radius 3 is 2.57 bits per heavy atom. The Labute approximate surface area is 190 Å². The number of hydrogen-bond acceptors (Lipinski definition) is 5. The number of thioether (sulfide) groups is 1. The molecule has 0 spiro atoms. The van der Waals surface area contributed by atoms with Gasteiger partial charge in [0.2, 0.25) is 0 Å². The van der Waals surface area contributed by atoms with Crippen LogP contribution in [0.15, 0.2) is 71.8 Å². The first-order chi connectivity index (χ1) is 14.6. The molecule has 154 valence electrons. The normalized spacial score (nSPS) is 15.4. The van der Waals surface area contributed by atoms with E-state index in [1.165, 1.54) is 0 Å². The summed E-state index contributed by atoms with van der Waals surface area (Å²) >= 11 is 13.9. The summed E-state index contributed by atoms with van der Waals surface area (Å²) < 4.78 is 11.8. The van der Waals surface area contributed by atoms with Crippen LogP contribution in [0.1, 0.15) is 29.0 Å². The van der Waals surface area contributed by atoms with Crippen LogP contribution in [-0.2, 0) is 6.61 Å². The summed E-state index contributed by atoms with van der Waals surface area (Å²) in [6.07, 6.45) is 0. The molecular formula is C23H20Cl2N2O2S. The van der Waals surface area contributed by atoms with Crippen LogP contribution >= 0.6 is 35.0 Å². The predicted octanol–water partition coefficient (Wildman–Crippen LogP) is 6.67. The Morgan fingerprint density at radius 2 is 1.80 bits per heavy atom. The maximum atomic E-state index is 6.25. The molecule has 0 saturated heterocycles. The molecule has 1 heterocycles. The average molecular weight is 459 g/mol. The standard InChI is InChI=1S/C23H20Cl2N2O2S/c1-2-28-21-12-16(23-27-26-22(30-23)15-6-4-3-5-7-15)9-11-20(21)29-14-17-8-10-18(24)13-19(17)25/h3-13,23,27H,2,14H2,1H3/t23-/m0/s1. The van der Waals surface area contributed by atoms with E-state index in [1.807, 2.05) is 49.4 Å². The molecule has 1 aliphatic rings. The molecule has 0 radical (unpaired) electrons. The lowest BCUT2D eigenvalue weighted by atomic mass is 10.2. The van der Waals surface area contributed by atoms with E-state index in [4.69, 9.17) is 32.7 Å². The van der Waals surface area contributed by atoms with Crippen molar-refractivity contribution in [2.75, 3.05) is 6.61 Å². The van der Waals surface area contributed by atoms with E-state index in [0.717, 1.165) is 21.7 Å². The van der Waals surface area contributed by atoms with Crippen LogP contribution in [0.2, 0.25) is 10.0 Å². The van der Waals surface area contributed by atoms with Crippen molar-refractivity contribution in [2.24, 2.45) is 5.10 Å². The van der Waals surface area contributed by atoms with E-state index in [2.05, 4.69) is 22.7 Å². The largest absolute Gasteiger partial charge is 0.490 e. The molecule has 0 aliphatic carbocycles. The molecule has 30 heavy (non-hydrogen) atoms. The Balaban J connectivity index is 1.48.